The van der Waals surface area contributed by atoms with Crippen molar-refractivity contribution in [2.24, 2.45) is 0 Å². The fraction of sp³-hybridized carbons (Fsp3) is 0. The average Bonchev–Trinajstić information content (AvgIpc) is 2.52. The van der Waals surface area contributed by atoms with E-state index in [1.807, 2.05) is 0 Å². The topological polar surface area (TPSA) is 112 Å². The summed E-state index contributed by atoms with van der Waals surface area (Å²) in [5.41, 5.74) is -0.0916. The third-order valence-corrected chi connectivity index (χ3v) is 5.55. The Balaban J connectivity index is 2.65. The predicted octanol–water partition coefficient (Wildman–Crippen LogP) is 2.27. The summed E-state index contributed by atoms with van der Waals surface area (Å²) < 4.78 is 56.7. The molecular weight excluding hydrogens is 338 g/mol. The van der Waals surface area contributed by atoms with Crippen LogP contribution in [0.3, 0.4) is 0 Å². The molecule has 6 nitrogen and oxygen atoms in total. The number of hydrogen-bond donors (Lipinski definition) is 1. The number of benzene rings is 2. The fourth-order valence-corrected chi connectivity index (χ4v) is 3.72. The normalized spacial score (nSPS) is 12.6. The van der Waals surface area contributed by atoms with E-state index in [4.69, 9.17) is 5.26 Å². The maximum Gasteiger partial charge on any atom is 0.295 e. The Morgan fingerprint density at radius 1 is 0.957 bits per heavy atom. The van der Waals surface area contributed by atoms with Crippen molar-refractivity contribution in [3.63, 3.8) is 0 Å². The molecule has 2 rings (SSSR count). The molecule has 0 bridgehead atoms. The molecule has 0 saturated heterocycles. The molecule has 8 heteroatoms. The van der Waals surface area contributed by atoms with E-state index in [1.54, 1.807) is 12.1 Å². The van der Waals surface area contributed by atoms with Crippen LogP contribution in [-0.4, -0.2) is 21.4 Å². The number of hydrogen-bond acceptors (Lipinski definition) is 5. The Hall–Kier alpha value is -2.47. The van der Waals surface area contributed by atoms with Gasteiger partial charge in [-0.25, -0.2) is 8.42 Å². The number of nitriles is 1. The predicted molar refractivity (Wildman–Crippen MR) is 83.5 cm³/mol. The molecule has 0 radical (unpaired) electrons. The van der Waals surface area contributed by atoms with Crippen LogP contribution in [0.1, 0.15) is 5.56 Å². The monoisotopic (exact) mass is 349 g/mol. The summed E-state index contributed by atoms with van der Waals surface area (Å²) in [4.78, 5) is -1.19. The van der Waals surface area contributed by atoms with Gasteiger partial charge in [-0.05, 0) is 29.8 Å². The van der Waals surface area contributed by atoms with Crippen LogP contribution in [-0.2, 0) is 20.0 Å². The van der Waals surface area contributed by atoms with Crippen molar-refractivity contribution in [2.45, 2.75) is 9.79 Å². The van der Waals surface area contributed by atoms with E-state index in [2.05, 4.69) is 0 Å². The first-order valence-electron chi connectivity index (χ1n) is 6.25. The second-order valence-corrected chi connectivity index (χ2v) is 7.76. The molecule has 0 aromatic heterocycles. The lowest BCUT2D eigenvalue weighted by Crippen LogP contribution is -2.05. The molecule has 1 N–H and O–H groups in total. The van der Waals surface area contributed by atoms with E-state index in [1.165, 1.54) is 42.5 Å². The molecule has 0 aliphatic rings. The van der Waals surface area contributed by atoms with Gasteiger partial charge in [0.1, 0.15) is 15.9 Å². The van der Waals surface area contributed by atoms with Crippen molar-refractivity contribution < 1.29 is 21.4 Å². The first-order valence-corrected chi connectivity index (χ1v) is 9.17. The minimum absolute atomic E-state index is 0.0860. The van der Waals surface area contributed by atoms with Crippen LogP contribution in [0, 0.1) is 11.3 Å². The van der Waals surface area contributed by atoms with Crippen LogP contribution in [0.5, 0.6) is 0 Å². The first-order chi connectivity index (χ1) is 10.8. The summed E-state index contributed by atoms with van der Waals surface area (Å²) in [7, 11) is -8.63. The van der Waals surface area contributed by atoms with Crippen LogP contribution >= 0.6 is 0 Å². The summed E-state index contributed by atoms with van der Waals surface area (Å²) >= 11 is 0. The first kappa shape index (κ1) is 16.9. The third-order valence-electron chi connectivity index (χ3n) is 2.94. The Kier molecular flexibility index (Phi) is 4.65. The number of rotatable bonds is 4. The third kappa shape index (κ3) is 3.65. The smallest absolute Gasteiger partial charge is 0.282 e. The van der Waals surface area contributed by atoms with Crippen molar-refractivity contribution in [2.75, 3.05) is 0 Å². The molecule has 0 unspecified atom stereocenters. The SMILES string of the molecule is N#CC(=Cc1ccccc1S(=O)(=O)O)S(=O)(=O)c1ccccc1. The summed E-state index contributed by atoms with van der Waals surface area (Å²) in [6.45, 7) is 0. The lowest BCUT2D eigenvalue weighted by molar-refractivity contribution is 0.483. The van der Waals surface area contributed by atoms with Crippen molar-refractivity contribution in [1.82, 2.24) is 0 Å². The standard InChI is InChI=1S/C15H11NO5S2/c16-11-14(22(17,18)13-7-2-1-3-8-13)10-12-6-4-5-9-15(12)23(19,20)21/h1-10H,(H,19,20,21). The lowest BCUT2D eigenvalue weighted by atomic mass is 10.2. The van der Waals surface area contributed by atoms with Gasteiger partial charge in [0.2, 0.25) is 9.84 Å². The Bertz CT molecular complexity index is 1000. The minimum atomic E-state index is -4.55. The summed E-state index contributed by atoms with van der Waals surface area (Å²) in [6, 6.07) is 14.1. The minimum Gasteiger partial charge on any atom is -0.282 e. The molecule has 0 atom stereocenters. The van der Waals surface area contributed by atoms with Crippen molar-refractivity contribution in [1.29, 1.82) is 5.26 Å². The summed E-state index contributed by atoms with van der Waals surface area (Å²) in [6.07, 6.45) is 0.922. The highest BCUT2D eigenvalue weighted by Crippen LogP contribution is 2.24. The second-order valence-electron chi connectivity index (χ2n) is 4.45. The van der Waals surface area contributed by atoms with Gasteiger partial charge in [-0.1, -0.05) is 36.4 Å². The molecule has 0 heterocycles. The number of nitrogens with zero attached hydrogens (tertiary/aromatic N) is 1. The van der Waals surface area contributed by atoms with Crippen LogP contribution in [0.2, 0.25) is 0 Å². The van der Waals surface area contributed by atoms with Gasteiger partial charge in [-0.2, -0.15) is 13.7 Å². The van der Waals surface area contributed by atoms with Gasteiger partial charge in [0.05, 0.1) is 4.90 Å². The van der Waals surface area contributed by atoms with E-state index in [0.29, 0.717) is 0 Å². The van der Waals surface area contributed by atoms with Crippen LogP contribution in [0.25, 0.3) is 6.08 Å². The van der Waals surface area contributed by atoms with Gasteiger partial charge in [0.25, 0.3) is 10.1 Å². The van der Waals surface area contributed by atoms with Crippen molar-refractivity contribution >= 4 is 26.0 Å². The molecule has 118 valence electrons. The van der Waals surface area contributed by atoms with Gasteiger partial charge in [-0.15, -0.1) is 0 Å². The van der Waals surface area contributed by atoms with Gasteiger partial charge in [0.15, 0.2) is 0 Å². The van der Waals surface area contributed by atoms with Crippen molar-refractivity contribution in [3.8, 4) is 6.07 Å². The zero-order valence-corrected chi connectivity index (χ0v) is 13.3. The Morgan fingerprint density at radius 3 is 2.09 bits per heavy atom. The van der Waals surface area contributed by atoms with Gasteiger partial charge < -0.3 is 0 Å². The van der Waals surface area contributed by atoms with E-state index in [9.17, 15) is 21.4 Å². The van der Waals surface area contributed by atoms with Crippen molar-refractivity contribution in [3.05, 3.63) is 65.1 Å². The molecular formula is C15H11NO5S2. The molecule has 2 aromatic rings. The zero-order valence-electron chi connectivity index (χ0n) is 11.6. The fourth-order valence-electron chi connectivity index (χ4n) is 1.87. The number of sulfone groups is 1. The van der Waals surface area contributed by atoms with E-state index >= 15 is 0 Å². The summed E-state index contributed by atoms with van der Waals surface area (Å²) in [5.74, 6) is 0. The molecule has 0 fully saturated rings. The molecule has 0 saturated carbocycles. The molecule has 0 spiro atoms. The summed E-state index contributed by atoms with van der Waals surface area (Å²) in [5, 5.41) is 9.17. The van der Waals surface area contributed by atoms with E-state index in [-0.39, 0.29) is 10.5 Å². The molecule has 0 aliphatic heterocycles. The molecule has 23 heavy (non-hydrogen) atoms. The molecule has 0 aliphatic carbocycles. The second kappa shape index (κ2) is 6.34. The number of allylic oxidation sites excluding steroid dienone is 1. The van der Waals surface area contributed by atoms with E-state index < -0.39 is 29.8 Å². The average molecular weight is 349 g/mol. The maximum absolute atomic E-state index is 12.4. The zero-order chi connectivity index (χ0) is 17.1. The van der Waals surface area contributed by atoms with Gasteiger partial charge in [0, 0.05) is 0 Å². The highest BCUT2D eigenvalue weighted by molar-refractivity contribution is 7.95. The lowest BCUT2D eigenvalue weighted by Gasteiger charge is -2.05. The van der Waals surface area contributed by atoms with Crippen LogP contribution in [0.15, 0.2) is 69.3 Å². The van der Waals surface area contributed by atoms with Crippen LogP contribution in [0.4, 0.5) is 0 Å². The van der Waals surface area contributed by atoms with Gasteiger partial charge in [-0.3, -0.25) is 4.55 Å². The largest absolute Gasteiger partial charge is 0.295 e. The van der Waals surface area contributed by atoms with Gasteiger partial charge >= 0.3 is 0 Å². The Labute approximate surface area is 134 Å². The highest BCUT2D eigenvalue weighted by atomic mass is 32.2. The Morgan fingerprint density at radius 2 is 1.52 bits per heavy atom. The maximum atomic E-state index is 12.4. The van der Waals surface area contributed by atoms with Crippen LogP contribution < -0.4 is 0 Å². The van der Waals surface area contributed by atoms with E-state index in [0.717, 1.165) is 12.1 Å². The highest BCUT2D eigenvalue weighted by Gasteiger charge is 2.22. The quantitative estimate of drug-likeness (QED) is 0.669. The molecule has 0 amide bonds. The molecule has 2 aromatic carbocycles.